The molecule has 8 heteroatoms. The van der Waals surface area contributed by atoms with Crippen molar-refractivity contribution in [3.05, 3.63) is 22.7 Å². The first-order chi connectivity index (χ1) is 7.29. The Morgan fingerprint density at radius 2 is 2.06 bits per heavy atom. The summed E-state index contributed by atoms with van der Waals surface area (Å²) in [5.41, 5.74) is 4.80. The predicted octanol–water partition coefficient (Wildman–Crippen LogP) is 0.956. The van der Waals surface area contributed by atoms with Crippen LogP contribution in [0, 0.1) is 0 Å². The number of esters is 1. The zero-order chi connectivity index (χ0) is 12.5. The van der Waals surface area contributed by atoms with Crippen molar-refractivity contribution in [1.29, 1.82) is 0 Å². The van der Waals surface area contributed by atoms with E-state index in [9.17, 15) is 13.2 Å². The Morgan fingerprint density at radius 3 is 2.50 bits per heavy atom. The molecule has 0 spiro atoms. The lowest BCUT2D eigenvalue weighted by Gasteiger charge is -2.08. The minimum absolute atomic E-state index is 0.181. The molecule has 0 unspecified atom stereocenters. The van der Waals surface area contributed by atoms with Gasteiger partial charge in [-0.2, -0.15) is 8.42 Å². The SMILES string of the molecule is COC(=O)c1ccc(Cl)c(S(=O)(=O)O)c1N. The number of nitrogen functional groups attached to an aromatic ring is 1. The van der Waals surface area contributed by atoms with Crippen molar-refractivity contribution in [2.75, 3.05) is 12.8 Å². The number of benzene rings is 1. The molecule has 1 aromatic rings. The van der Waals surface area contributed by atoms with Gasteiger partial charge < -0.3 is 10.5 Å². The molecule has 0 aliphatic rings. The number of anilines is 1. The molecule has 0 aliphatic heterocycles. The van der Waals surface area contributed by atoms with Gasteiger partial charge in [-0.05, 0) is 12.1 Å². The summed E-state index contributed by atoms with van der Waals surface area (Å²) in [7, 11) is -3.48. The van der Waals surface area contributed by atoms with E-state index in [1.165, 1.54) is 6.07 Å². The maximum absolute atomic E-state index is 11.2. The van der Waals surface area contributed by atoms with Crippen LogP contribution in [0.3, 0.4) is 0 Å². The van der Waals surface area contributed by atoms with Gasteiger partial charge in [-0.15, -0.1) is 0 Å². The van der Waals surface area contributed by atoms with Crippen molar-refractivity contribution in [3.8, 4) is 0 Å². The average Bonchev–Trinajstić information content (AvgIpc) is 2.14. The van der Waals surface area contributed by atoms with E-state index in [-0.39, 0.29) is 10.6 Å². The van der Waals surface area contributed by atoms with Gasteiger partial charge in [0.2, 0.25) is 0 Å². The van der Waals surface area contributed by atoms with Crippen LogP contribution >= 0.6 is 11.6 Å². The first-order valence-corrected chi connectivity index (χ1v) is 5.74. The molecule has 16 heavy (non-hydrogen) atoms. The van der Waals surface area contributed by atoms with Crippen molar-refractivity contribution >= 4 is 33.4 Å². The van der Waals surface area contributed by atoms with Gasteiger partial charge in [0.05, 0.1) is 23.4 Å². The Labute approximate surface area is 96.7 Å². The second-order valence-corrected chi connectivity index (χ2v) is 4.57. The molecule has 0 amide bonds. The van der Waals surface area contributed by atoms with E-state index < -0.39 is 26.7 Å². The minimum atomic E-state index is -4.59. The number of rotatable bonds is 2. The fourth-order valence-electron chi connectivity index (χ4n) is 1.12. The highest BCUT2D eigenvalue weighted by Crippen LogP contribution is 2.30. The molecule has 0 aliphatic carbocycles. The number of methoxy groups -OCH3 is 1. The van der Waals surface area contributed by atoms with Crippen molar-refractivity contribution in [3.63, 3.8) is 0 Å². The second-order valence-electron chi connectivity index (χ2n) is 2.80. The van der Waals surface area contributed by atoms with Gasteiger partial charge in [0.25, 0.3) is 10.1 Å². The third-order valence-electron chi connectivity index (χ3n) is 1.81. The summed E-state index contributed by atoms with van der Waals surface area (Å²) in [4.78, 5) is 10.5. The molecule has 0 saturated heterocycles. The summed E-state index contributed by atoms with van der Waals surface area (Å²) in [6, 6.07) is 2.34. The number of nitrogens with two attached hydrogens (primary N) is 1. The summed E-state index contributed by atoms with van der Waals surface area (Å²) in [6.07, 6.45) is 0. The molecular formula is C8H8ClNO5S. The fraction of sp³-hybridized carbons (Fsp3) is 0.125. The molecule has 0 aromatic heterocycles. The van der Waals surface area contributed by atoms with Crippen LogP contribution in [0.15, 0.2) is 17.0 Å². The van der Waals surface area contributed by atoms with Gasteiger partial charge in [0.15, 0.2) is 0 Å². The zero-order valence-electron chi connectivity index (χ0n) is 8.10. The average molecular weight is 266 g/mol. The molecule has 0 saturated carbocycles. The van der Waals surface area contributed by atoms with Gasteiger partial charge in [-0.3, -0.25) is 4.55 Å². The number of carbonyl (C=O) groups excluding carboxylic acids is 1. The van der Waals surface area contributed by atoms with Crippen LogP contribution in [-0.4, -0.2) is 26.0 Å². The number of hydrogen-bond donors (Lipinski definition) is 2. The van der Waals surface area contributed by atoms with E-state index in [2.05, 4.69) is 4.74 Å². The smallest absolute Gasteiger partial charge is 0.340 e. The minimum Gasteiger partial charge on any atom is -0.465 e. The van der Waals surface area contributed by atoms with Crippen molar-refractivity contribution in [2.24, 2.45) is 0 Å². The molecule has 1 aromatic carbocycles. The van der Waals surface area contributed by atoms with Gasteiger partial charge in [0, 0.05) is 0 Å². The van der Waals surface area contributed by atoms with Crippen LogP contribution in [0.25, 0.3) is 0 Å². The van der Waals surface area contributed by atoms with Gasteiger partial charge in [-0.1, -0.05) is 11.6 Å². The Kier molecular flexibility index (Phi) is 3.41. The van der Waals surface area contributed by atoms with E-state index in [0.29, 0.717) is 0 Å². The normalized spacial score (nSPS) is 11.2. The molecule has 0 atom stereocenters. The largest absolute Gasteiger partial charge is 0.465 e. The highest BCUT2D eigenvalue weighted by atomic mass is 35.5. The van der Waals surface area contributed by atoms with Crippen LogP contribution in [-0.2, 0) is 14.9 Å². The third kappa shape index (κ3) is 2.26. The fourth-order valence-corrected chi connectivity index (χ4v) is 2.28. The summed E-state index contributed by atoms with van der Waals surface area (Å²) in [5, 5.41) is -0.271. The first-order valence-electron chi connectivity index (χ1n) is 3.92. The molecule has 3 N–H and O–H groups in total. The zero-order valence-corrected chi connectivity index (χ0v) is 9.67. The quantitative estimate of drug-likeness (QED) is 0.468. The van der Waals surface area contributed by atoms with Crippen LogP contribution in [0.2, 0.25) is 5.02 Å². The molecule has 0 bridgehead atoms. The Morgan fingerprint density at radius 1 is 1.50 bits per heavy atom. The van der Waals surface area contributed by atoms with Gasteiger partial charge >= 0.3 is 5.97 Å². The van der Waals surface area contributed by atoms with Gasteiger partial charge in [0.1, 0.15) is 4.90 Å². The molecule has 0 fully saturated rings. The lowest BCUT2D eigenvalue weighted by atomic mass is 10.2. The summed E-state index contributed by atoms with van der Waals surface area (Å²) < 4.78 is 35.2. The monoisotopic (exact) mass is 265 g/mol. The van der Waals surface area contributed by atoms with Crippen LogP contribution in [0.5, 0.6) is 0 Å². The number of ether oxygens (including phenoxy) is 1. The maximum atomic E-state index is 11.2. The Balaban J connectivity index is 3.58. The highest BCUT2D eigenvalue weighted by Gasteiger charge is 2.23. The van der Waals surface area contributed by atoms with Crippen molar-refractivity contribution < 1.29 is 22.5 Å². The summed E-state index contributed by atoms with van der Waals surface area (Å²) in [5.74, 6) is -0.820. The second kappa shape index (κ2) is 4.28. The van der Waals surface area contributed by atoms with Crippen molar-refractivity contribution in [1.82, 2.24) is 0 Å². The molecule has 0 radical (unpaired) electrons. The summed E-state index contributed by atoms with van der Waals surface area (Å²) in [6.45, 7) is 0. The summed E-state index contributed by atoms with van der Waals surface area (Å²) >= 11 is 5.56. The highest BCUT2D eigenvalue weighted by molar-refractivity contribution is 7.86. The topological polar surface area (TPSA) is 107 Å². The van der Waals surface area contributed by atoms with E-state index in [1.807, 2.05) is 0 Å². The molecule has 88 valence electrons. The molecule has 6 nitrogen and oxygen atoms in total. The van der Waals surface area contributed by atoms with Gasteiger partial charge in [-0.25, -0.2) is 4.79 Å². The number of halogens is 1. The standard InChI is InChI=1S/C8H8ClNO5S/c1-15-8(11)4-2-3-5(9)7(6(4)10)16(12,13)14/h2-3H,10H2,1H3,(H,12,13,14). The number of hydrogen-bond acceptors (Lipinski definition) is 5. The van der Waals surface area contributed by atoms with Crippen LogP contribution < -0.4 is 5.73 Å². The Bertz CT molecular complexity index is 540. The van der Waals surface area contributed by atoms with E-state index in [0.717, 1.165) is 13.2 Å². The lowest BCUT2D eigenvalue weighted by Crippen LogP contribution is -2.11. The Hall–Kier alpha value is -1.31. The third-order valence-corrected chi connectivity index (χ3v) is 3.19. The van der Waals surface area contributed by atoms with E-state index in [4.69, 9.17) is 21.9 Å². The lowest BCUT2D eigenvalue weighted by molar-refractivity contribution is 0.0601. The predicted molar refractivity (Wildman–Crippen MR) is 57.0 cm³/mol. The van der Waals surface area contributed by atoms with E-state index >= 15 is 0 Å². The molecular weight excluding hydrogens is 258 g/mol. The number of carbonyl (C=O) groups is 1. The molecule has 0 heterocycles. The van der Waals surface area contributed by atoms with E-state index in [1.54, 1.807) is 0 Å². The van der Waals surface area contributed by atoms with Crippen LogP contribution in [0.1, 0.15) is 10.4 Å². The first kappa shape index (κ1) is 12.8. The van der Waals surface area contributed by atoms with Crippen molar-refractivity contribution in [2.45, 2.75) is 4.90 Å². The molecule has 1 rings (SSSR count). The van der Waals surface area contributed by atoms with Crippen LogP contribution in [0.4, 0.5) is 5.69 Å². The maximum Gasteiger partial charge on any atom is 0.340 e.